The van der Waals surface area contributed by atoms with E-state index in [1.54, 1.807) is 0 Å². The summed E-state index contributed by atoms with van der Waals surface area (Å²) in [6, 6.07) is 0. The highest BCUT2D eigenvalue weighted by atomic mass is 16.3. The lowest BCUT2D eigenvalue weighted by Gasteiger charge is -2.55. The van der Waals surface area contributed by atoms with Crippen LogP contribution in [0.1, 0.15) is 52.9 Å². The highest BCUT2D eigenvalue weighted by molar-refractivity contribution is 5.13. The maximum atomic E-state index is 10.3. The summed E-state index contributed by atoms with van der Waals surface area (Å²) < 4.78 is 0. The topological polar surface area (TPSA) is 20.2 Å². The van der Waals surface area contributed by atoms with E-state index in [1.165, 1.54) is 12.8 Å². The second-order valence-corrected chi connectivity index (χ2v) is 6.45. The predicted molar refractivity (Wildman–Crippen MR) is 66.8 cm³/mol. The summed E-state index contributed by atoms with van der Waals surface area (Å²) in [5.74, 6) is 4.71. The Bertz CT molecular complexity index is 316. The van der Waals surface area contributed by atoms with Gasteiger partial charge in [0.15, 0.2) is 0 Å². The van der Waals surface area contributed by atoms with E-state index in [0.29, 0.717) is 17.3 Å². The molecule has 0 spiro atoms. The highest BCUT2D eigenvalue weighted by Gasteiger charge is 2.51. The maximum absolute atomic E-state index is 10.3. The van der Waals surface area contributed by atoms with Crippen LogP contribution >= 0.6 is 0 Å². The number of hydrogen-bond donors (Lipinski definition) is 1. The molecule has 90 valence electrons. The van der Waals surface area contributed by atoms with Gasteiger partial charge in [0.1, 0.15) is 5.60 Å². The third-order valence-electron chi connectivity index (χ3n) is 5.62. The molecular formula is C15H24O. The van der Waals surface area contributed by atoms with Crippen LogP contribution in [0, 0.1) is 35.5 Å². The molecule has 2 saturated carbocycles. The van der Waals surface area contributed by atoms with Crippen molar-refractivity contribution in [2.24, 2.45) is 23.2 Å². The molecule has 0 saturated heterocycles. The Morgan fingerprint density at radius 1 is 1.25 bits per heavy atom. The molecule has 0 aromatic heterocycles. The number of terminal acetylenes is 1. The van der Waals surface area contributed by atoms with Crippen molar-refractivity contribution in [3.05, 3.63) is 0 Å². The van der Waals surface area contributed by atoms with Crippen molar-refractivity contribution in [2.45, 2.75) is 58.5 Å². The first kappa shape index (κ1) is 12.0. The Morgan fingerprint density at radius 2 is 1.94 bits per heavy atom. The zero-order chi connectivity index (χ0) is 12.0. The smallest absolute Gasteiger partial charge is 0.125 e. The number of hydrogen-bond acceptors (Lipinski definition) is 1. The summed E-state index contributed by atoms with van der Waals surface area (Å²) >= 11 is 0. The molecule has 2 fully saturated rings. The van der Waals surface area contributed by atoms with E-state index >= 15 is 0 Å². The SMILES string of the molecule is C#CC1(O)CCC2(C)C(C)CCC(C)C2C1. The first-order chi connectivity index (χ1) is 7.41. The lowest BCUT2D eigenvalue weighted by molar-refractivity contribution is -0.0910. The molecule has 1 nitrogen and oxygen atoms in total. The Morgan fingerprint density at radius 3 is 2.56 bits per heavy atom. The van der Waals surface area contributed by atoms with Crippen molar-refractivity contribution in [3.63, 3.8) is 0 Å². The molecule has 0 bridgehead atoms. The summed E-state index contributed by atoms with van der Waals surface area (Å²) in [6.45, 7) is 7.12. The van der Waals surface area contributed by atoms with E-state index in [-0.39, 0.29) is 0 Å². The van der Waals surface area contributed by atoms with Crippen molar-refractivity contribution in [1.82, 2.24) is 0 Å². The van der Waals surface area contributed by atoms with E-state index in [0.717, 1.165) is 25.2 Å². The Labute approximate surface area is 99.6 Å². The Balaban J connectivity index is 2.26. The Kier molecular flexibility index (Phi) is 2.83. The second-order valence-electron chi connectivity index (χ2n) is 6.45. The number of fused-ring (bicyclic) bond motifs is 1. The van der Waals surface area contributed by atoms with Gasteiger partial charge in [0, 0.05) is 0 Å². The van der Waals surface area contributed by atoms with Crippen LogP contribution in [0.3, 0.4) is 0 Å². The third-order valence-corrected chi connectivity index (χ3v) is 5.62. The van der Waals surface area contributed by atoms with E-state index in [4.69, 9.17) is 6.42 Å². The molecular weight excluding hydrogens is 196 g/mol. The van der Waals surface area contributed by atoms with Gasteiger partial charge in [-0.3, -0.25) is 0 Å². The molecule has 2 aliphatic rings. The van der Waals surface area contributed by atoms with Crippen molar-refractivity contribution in [2.75, 3.05) is 0 Å². The highest BCUT2D eigenvalue weighted by Crippen LogP contribution is 2.57. The van der Waals surface area contributed by atoms with Gasteiger partial charge in [0.2, 0.25) is 0 Å². The summed E-state index contributed by atoms with van der Waals surface area (Å²) in [5, 5.41) is 10.3. The van der Waals surface area contributed by atoms with E-state index in [1.807, 2.05) is 0 Å². The van der Waals surface area contributed by atoms with E-state index in [2.05, 4.69) is 26.7 Å². The average Bonchev–Trinajstić information content (AvgIpc) is 2.27. The van der Waals surface area contributed by atoms with Crippen LogP contribution in [0.4, 0.5) is 0 Å². The summed E-state index contributed by atoms with van der Waals surface area (Å²) in [6.07, 6.45) is 10.8. The maximum Gasteiger partial charge on any atom is 0.125 e. The summed E-state index contributed by atoms with van der Waals surface area (Å²) in [4.78, 5) is 0. The molecule has 0 aromatic carbocycles. The molecule has 5 atom stereocenters. The van der Waals surface area contributed by atoms with Gasteiger partial charge in [-0.05, 0) is 48.9 Å². The van der Waals surface area contributed by atoms with Crippen LogP contribution in [0.2, 0.25) is 0 Å². The van der Waals surface area contributed by atoms with Gasteiger partial charge in [0.25, 0.3) is 0 Å². The second kappa shape index (κ2) is 3.77. The van der Waals surface area contributed by atoms with Gasteiger partial charge in [-0.25, -0.2) is 0 Å². The van der Waals surface area contributed by atoms with Gasteiger partial charge in [-0.2, -0.15) is 0 Å². The van der Waals surface area contributed by atoms with Gasteiger partial charge in [-0.15, -0.1) is 6.42 Å². The van der Waals surface area contributed by atoms with Crippen molar-refractivity contribution < 1.29 is 5.11 Å². The molecule has 0 amide bonds. The van der Waals surface area contributed by atoms with Crippen LogP contribution in [-0.4, -0.2) is 10.7 Å². The third kappa shape index (κ3) is 1.68. The minimum absolute atomic E-state index is 0.404. The lowest BCUT2D eigenvalue weighted by atomic mass is 9.51. The van der Waals surface area contributed by atoms with Crippen LogP contribution in [0.5, 0.6) is 0 Å². The molecule has 0 aliphatic heterocycles. The minimum atomic E-state index is -0.824. The summed E-state index contributed by atoms with van der Waals surface area (Å²) in [5.41, 5.74) is -0.420. The normalized spacial score (nSPS) is 52.8. The van der Waals surface area contributed by atoms with Crippen LogP contribution in [-0.2, 0) is 0 Å². The molecule has 0 aromatic rings. The molecule has 16 heavy (non-hydrogen) atoms. The zero-order valence-electron chi connectivity index (χ0n) is 10.8. The molecule has 0 radical (unpaired) electrons. The first-order valence-electron chi connectivity index (χ1n) is 6.61. The van der Waals surface area contributed by atoms with Gasteiger partial charge < -0.3 is 5.11 Å². The van der Waals surface area contributed by atoms with Gasteiger partial charge in [-0.1, -0.05) is 33.1 Å². The quantitative estimate of drug-likeness (QED) is 0.621. The van der Waals surface area contributed by atoms with Crippen LogP contribution in [0.15, 0.2) is 0 Å². The molecule has 1 heteroatoms. The zero-order valence-corrected chi connectivity index (χ0v) is 10.8. The van der Waals surface area contributed by atoms with Crippen molar-refractivity contribution in [3.8, 4) is 12.3 Å². The lowest BCUT2D eigenvalue weighted by Crippen LogP contribution is -2.50. The molecule has 2 rings (SSSR count). The Hall–Kier alpha value is -0.480. The fourth-order valence-electron chi connectivity index (χ4n) is 4.00. The van der Waals surface area contributed by atoms with E-state index in [9.17, 15) is 5.11 Å². The first-order valence-corrected chi connectivity index (χ1v) is 6.61. The molecule has 1 N–H and O–H groups in total. The monoisotopic (exact) mass is 220 g/mol. The molecule has 5 unspecified atom stereocenters. The van der Waals surface area contributed by atoms with E-state index < -0.39 is 5.60 Å². The van der Waals surface area contributed by atoms with Crippen molar-refractivity contribution >= 4 is 0 Å². The summed E-state index contributed by atoms with van der Waals surface area (Å²) in [7, 11) is 0. The fourth-order valence-corrected chi connectivity index (χ4v) is 4.00. The fraction of sp³-hybridized carbons (Fsp3) is 0.867. The number of aliphatic hydroxyl groups is 1. The molecule has 2 aliphatic carbocycles. The average molecular weight is 220 g/mol. The van der Waals surface area contributed by atoms with Crippen LogP contribution < -0.4 is 0 Å². The predicted octanol–water partition coefficient (Wildman–Crippen LogP) is 3.22. The molecule has 0 heterocycles. The van der Waals surface area contributed by atoms with Crippen molar-refractivity contribution in [1.29, 1.82) is 0 Å². The van der Waals surface area contributed by atoms with Gasteiger partial charge in [0.05, 0.1) is 0 Å². The largest absolute Gasteiger partial charge is 0.378 e. The minimum Gasteiger partial charge on any atom is -0.378 e. The standard InChI is InChI=1S/C15H24O/c1-5-15(16)9-8-14(4)12(3)7-6-11(2)13(14)10-15/h1,11-13,16H,6-10H2,2-4H3. The van der Waals surface area contributed by atoms with Gasteiger partial charge >= 0.3 is 0 Å². The number of rotatable bonds is 0. The van der Waals surface area contributed by atoms with Crippen LogP contribution in [0.25, 0.3) is 0 Å².